The number of ether oxygens (including phenoxy) is 1. The highest BCUT2D eigenvalue weighted by Gasteiger charge is 2.43. The molecule has 17 heteroatoms. The lowest BCUT2D eigenvalue weighted by Gasteiger charge is -2.46. The molecule has 0 radical (unpaired) electrons. The first-order valence-electron chi connectivity index (χ1n) is 11.0. The van der Waals surface area contributed by atoms with E-state index in [0.717, 1.165) is 38.2 Å². The first kappa shape index (κ1) is 31.4. The fourth-order valence-electron chi connectivity index (χ4n) is 3.55. The second-order valence-corrected chi connectivity index (χ2v) is 8.29. The van der Waals surface area contributed by atoms with Gasteiger partial charge in [0, 0.05) is 32.0 Å². The Morgan fingerprint density at radius 1 is 0.949 bits per heavy atom. The van der Waals surface area contributed by atoms with Crippen LogP contribution in [0.1, 0.15) is 18.4 Å². The number of likely N-dealkylation sites (tertiary alicyclic amines) is 1. The Hall–Kier alpha value is -3.86. The summed E-state index contributed by atoms with van der Waals surface area (Å²) in [6.07, 6.45) is 0.195. The number of alkyl halides is 6. The van der Waals surface area contributed by atoms with Crippen molar-refractivity contribution in [2.45, 2.75) is 37.3 Å². The quantitative estimate of drug-likeness (QED) is 0.531. The molecule has 1 spiro atoms. The number of amides is 1. The molecule has 2 aromatic rings. The maximum Gasteiger partial charge on any atom is 0.490 e. The summed E-state index contributed by atoms with van der Waals surface area (Å²) in [5.41, 5.74) is 1.70. The van der Waals surface area contributed by atoms with Crippen molar-refractivity contribution in [3.8, 4) is 0 Å². The minimum atomic E-state index is -5.08. The number of pyridine rings is 1. The van der Waals surface area contributed by atoms with Crippen molar-refractivity contribution < 1.29 is 55.7 Å². The standard InChI is InChI=1S/C18H21N5O2.2C2HF3O2/c24-17-12-25-18(13-23(17)16-9-20-14-21-10-16)3-6-22(7-4-18)11-15-2-1-5-19-8-15;2*3-2(4,5)1(6)7/h1-2,5,8-10,14H,3-4,6-7,11-13H2;2*(H,6,7). The van der Waals surface area contributed by atoms with Gasteiger partial charge in [0.1, 0.15) is 12.9 Å². The van der Waals surface area contributed by atoms with E-state index in [1.807, 2.05) is 12.3 Å². The summed E-state index contributed by atoms with van der Waals surface area (Å²) < 4.78 is 69.5. The Balaban J connectivity index is 0.000000317. The summed E-state index contributed by atoms with van der Waals surface area (Å²) in [6, 6.07) is 4.07. The van der Waals surface area contributed by atoms with Gasteiger partial charge in [-0.3, -0.25) is 14.7 Å². The zero-order chi connectivity index (χ0) is 29.3. The average Bonchev–Trinajstić information content (AvgIpc) is 2.88. The van der Waals surface area contributed by atoms with Gasteiger partial charge >= 0.3 is 24.3 Å². The number of hydrogen-bond donors (Lipinski definition) is 2. The summed E-state index contributed by atoms with van der Waals surface area (Å²) in [6.45, 7) is 3.49. The van der Waals surface area contributed by atoms with Crippen LogP contribution >= 0.6 is 0 Å². The molecule has 2 saturated heterocycles. The molecule has 39 heavy (non-hydrogen) atoms. The molecule has 0 saturated carbocycles. The van der Waals surface area contributed by atoms with Gasteiger partial charge in [0.15, 0.2) is 0 Å². The topological polar surface area (TPSA) is 146 Å². The van der Waals surface area contributed by atoms with Gasteiger partial charge in [-0.1, -0.05) is 6.07 Å². The zero-order valence-electron chi connectivity index (χ0n) is 20.0. The highest BCUT2D eigenvalue weighted by atomic mass is 19.4. The molecule has 1 amide bonds. The third-order valence-corrected chi connectivity index (χ3v) is 5.49. The van der Waals surface area contributed by atoms with E-state index in [2.05, 4.69) is 25.9 Å². The van der Waals surface area contributed by atoms with E-state index in [1.165, 1.54) is 11.9 Å². The van der Waals surface area contributed by atoms with Crippen LogP contribution in [0.4, 0.5) is 32.0 Å². The molecule has 11 nitrogen and oxygen atoms in total. The van der Waals surface area contributed by atoms with Gasteiger partial charge in [-0.25, -0.2) is 19.6 Å². The molecule has 2 N–H and O–H groups in total. The van der Waals surface area contributed by atoms with E-state index in [4.69, 9.17) is 24.5 Å². The Kier molecular flexibility index (Phi) is 10.7. The van der Waals surface area contributed by atoms with Crippen molar-refractivity contribution in [1.82, 2.24) is 19.9 Å². The number of piperidine rings is 1. The minimum absolute atomic E-state index is 0.0294. The molecule has 4 heterocycles. The van der Waals surface area contributed by atoms with Gasteiger partial charge in [0.2, 0.25) is 0 Å². The van der Waals surface area contributed by atoms with Crippen LogP contribution in [0.3, 0.4) is 0 Å². The molecule has 0 bridgehead atoms. The number of carbonyl (C=O) groups excluding carboxylic acids is 1. The Morgan fingerprint density at radius 2 is 1.49 bits per heavy atom. The number of rotatable bonds is 3. The molecule has 0 aromatic carbocycles. The SMILES string of the molecule is O=C(O)C(F)(F)F.O=C(O)C(F)(F)F.O=C1COC2(CCN(Cc3cccnc3)CC2)CN1c1cncnc1. The first-order chi connectivity index (χ1) is 18.1. The zero-order valence-corrected chi connectivity index (χ0v) is 20.0. The van der Waals surface area contributed by atoms with Gasteiger partial charge < -0.3 is 19.8 Å². The first-order valence-corrected chi connectivity index (χ1v) is 11.0. The Labute approximate surface area is 217 Å². The summed E-state index contributed by atoms with van der Waals surface area (Å²) >= 11 is 0. The van der Waals surface area contributed by atoms with E-state index < -0.39 is 24.3 Å². The molecule has 4 rings (SSSR count). The average molecular weight is 567 g/mol. The molecule has 0 unspecified atom stereocenters. The fraction of sp³-hybridized carbons (Fsp3) is 0.455. The second kappa shape index (κ2) is 13.3. The van der Waals surface area contributed by atoms with Crippen LogP contribution in [0.15, 0.2) is 43.2 Å². The number of aromatic nitrogens is 3. The van der Waals surface area contributed by atoms with E-state index >= 15 is 0 Å². The Morgan fingerprint density at radius 3 is 1.95 bits per heavy atom. The van der Waals surface area contributed by atoms with E-state index in [9.17, 15) is 31.1 Å². The van der Waals surface area contributed by atoms with Gasteiger partial charge in [-0.2, -0.15) is 26.3 Å². The normalized spacial score (nSPS) is 17.4. The van der Waals surface area contributed by atoms with E-state index in [-0.39, 0.29) is 18.1 Å². The molecule has 0 aliphatic carbocycles. The van der Waals surface area contributed by atoms with Crippen molar-refractivity contribution in [2.75, 3.05) is 31.1 Å². The van der Waals surface area contributed by atoms with Crippen LogP contribution in [0, 0.1) is 0 Å². The highest BCUT2D eigenvalue weighted by molar-refractivity contribution is 5.94. The predicted molar refractivity (Wildman–Crippen MR) is 119 cm³/mol. The minimum Gasteiger partial charge on any atom is -0.475 e. The summed E-state index contributed by atoms with van der Waals surface area (Å²) in [5, 5.41) is 14.2. The molecule has 2 aliphatic rings. The van der Waals surface area contributed by atoms with Gasteiger partial charge in [-0.05, 0) is 24.5 Å². The fourth-order valence-corrected chi connectivity index (χ4v) is 3.55. The number of carbonyl (C=O) groups is 3. The van der Waals surface area contributed by atoms with Crippen LogP contribution in [0.2, 0.25) is 0 Å². The maximum atomic E-state index is 12.3. The number of morpholine rings is 1. The number of carboxylic acids is 2. The summed E-state index contributed by atoms with van der Waals surface area (Å²) in [7, 11) is 0. The van der Waals surface area contributed by atoms with Crippen molar-refractivity contribution in [2.24, 2.45) is 0 Å². The molecule has 214 valence electrons. The van der Waals surface area contributed by atoms with Crippen molar-refractivity contribution in [3.05, 3.63) is 48.8 Å². The molecular weight excluding hydrogens is 544 g/mol. The monoisotopic (exact) mass is 567 g/mol. The van der Waals surface area contributed by atoms with Gasteiger partial charge in [-0.15, -0.1) is 0 Å². The number of nitrogens with zero attached hydrogens (tertiary/aromatic N) is 5. The van der Waals surface area contributed by atoms with E-state index in [1.54, 1.807) is 23.5 Å². The molecule has 2 aromatic heterocycles. The lowest BCUT2D eigenvalue weighted by molar-refractivity contribution is -0.193. The van der Waals surface area contributed by atoms with Crippen LogP contribution in [0.5, 0.6) is 0 Å². The number of hydrogen-bond acceptors (Lipinski definition) is 8. The number of anilines is 1. The van der Waals surface area contributed by atoms with Crippen molar-refractivity contribution in [1.29, 1.82) is 0 Å². The van der Waals surface area contributed by atoms with Crippen molar-refractivity contribution >= 4 is 23.5 Å². The lowest BCUT2D eigenvalue weighted by atomic mass is 9.89. The maximum absolute atomic E-state index is 12.3. The van der Waals surface area contributed by atoms with Crippen LogP contribution in [-0.2, 0) is 25.7 Å². The van der Waals surface area contributed by atoms with Crippen LogP contribution < -0.4 is 4.90 Å². The summed E-state index contributed by atoms with van der Waals surface area (Å²) in [5.74, 6) is -5.54. The lowest BCUT2D eigenvalue weighted by Crippen LogP contribution is -2.58. The van der Waals surface area contributed by atoms with Gasteiger partial charge in [0.25, 0.3) is 5.91 Å². The molecule has 0 atom stereocenters. The number of aliphatic carboxylic acids is 2. The highest BCUT2D eigenvalue weighted by Crippen LogP contribution is 2.32. The van der Waals surface area contributed by atoms with Gasteiger partial charge in [0.05, 0.1) is 30.2 Å². The third kappa shape index (κ3) is 10.1. The van der Waals surface area contributed by atoms with E-state index in [0.29, 0.717) is 6.54 Å². The summed E-state index contributed by atoms with van der Waals surface area (Å²) in [4.78, 5) is 46.5. The molecular formula is C22H23F6N5O6. The molecule has 2 fully saturated rings. The number of carboxylic acid groups (broad SMARTS) is 2. The smallest absolute Gasteiger partial charge is 0.475 e. The second-order valence-electron chi connectivity index (χ2n) is 8.29. The third-order valence-electron chi connectivity index (χ3n) is 5.49. The largest absolute Gasteiger partial charge is 0.490 e. The van der Waals surface area contributed by atoms with Crippen LogP contribution in [0.25, 0.3) is 0 Å². The Bertz CT molecular complexity index is 1070. The van der Waals surface area contributed by atoms with Crippen molar-refractivity contribution in [3.63, 3.8) is 0 Å². The predicted octanol–water partition coefficient (Wildman–Crippen LogP) is 2.54. The molecule has 2 aliphatic heterocycles. The number of halogens is 6. The van der Waals surface area contributed by atoms with Crippen LogP contribution in [-0.4, -0.2) is 92.1 Å².